The molecule has 1 heterocycles. The lowest BCUT2D eigenvalue weighted by Gasteiger charge is -2.26. The van der Waals surface area contributed by atoms with Gasteiger partial charge in [-0.3, -0.25) is 4.90 Å². The Morgan fingerprint density at radius 2 is 1.63 bits per heavy atom. The number of ether oxygens (including phenoxy) is 1. The smallest absolute Gasteiger partial charge is 0.323 e. The van der Waals surface area contributed by atoms with Gasteiger partial charge in [0.05, 0.1) is 18.9 Å². The summed E-state index contributed by atoms with van der Waals surface area (Å²) in [5, 5.41) is 7.97. The predicted molar refractivity (Wildman–Crippen MR) is 109 cm³/mol. The number of nitrogens with one attached hydrogen (secondary N) is 2. The van der Waals surface area contributed by atoms with Crippen molar-refractivity contribution in [1.29, 1.82) is 0 Å². The summed E-state index contributed by atoms with van der Waals surface area (Å²) in [5.41, 5.74) is 2.81. The maximum absolute atomic E-state index is 12.4. The summed E-state index contributed by atoms with van der Waals surface area (Å²) in [7, 11) is 0. The first-order chi connectivity index (χ1) is 13.3. The van der Waals surface area contributed by atoms with Crippen LogP contribution in [0.3, 0.4) is 0 Å². The molecule has 0 aliphatic carbocycles. The van der Waals surface area contributed by atoms with Crippen molar-refractivity contribution >= 4 is 28.2 Å². The first-order valence-electron chi connectivity index (χ1n) is 9.23. The number of benzene rings is 3. The van der Waals surface area contributed by atoms with Gasteiger partial charge in [0.15, 0.2) is 0 Å². The van der Waals surface area contributed by atoms with Crippen LogP contribution in [0.1, 0.15) is 5.56 Å². The monoisotopic (exact) mass is 361 g/mol. The van der Waals surface area contributed by atoms with Crippen LogP contribution in [0.5, 0.6) is 0 Å². The molecule has 5 nitrogen and oxygen atoms in total. The Balaban J connectivity index is 1.37. The SMILES string of the molecule is O=C(Nc1ccc(CN2CCOCC2)cc1)Nc1cccc2ccccc12. The molecule has 3 aromatic carbocycles. The fraction of sp³-hybridized carbons (Fsp3) is 0.227. The highest BCUT2D eigenvalue weighted by molar-refractivity contribution is 6.06. The predicted octanol–water partition coefficient (Wildman–Crippen LogP) is 4.32. The van der Waals surface area contributed by atoms with Crippen molar-refractivity contribution in [2.75, 3.05) is 36.9 Å². The van der Waals surface area contributed by atoms with Gasteiger partial charge >= 0.3 is 6.03 Å². The second kappa shape index (κ2) is 8.20. The Morgan fingerprint density at radius 3 is 2.44 bits per heavy atom. The van der Waals surface area contributed by atoms with Crippen LogP contribution < -0.4 is 10.6 Å². The van der Waals surface area contributed by atoms with Crippen LogP contribution in [0, 0.1) is 0 Å². The van der Waals surface area contributed by atoms with Gasteiger partial charge in [-0.15, -0.1) is 0 Å². The quantitative estimate of drug-likeness (QED) is 0.728. The van der Waals surface area contributed by atoms with E-state index in [4.69, 9.17) is 4.74 Å². The molecule has 2 amide bonds. The zero-order chi connectivity index (χ0) is 18.5. The van der Waals surface area contributed by atoms with Crippen molar-refractivity contribution < 1.29 is 9.53 Å². The fourth-order valence-corrected chi connectivity index (χ4v) is 3.33. The molecule has 4 rings (SSSR count). The average Bonchev–Trinajstić information content (AvgIpc) is 2.71. The molecule has 3 aromatic rings. The Morgan fingerprint density at radius 1 is 0.889 bits per heavy atom. The number of amides is 2. The molecule has 0 unspecified atom stereocenters. The first kappa shape index (κ1) is 17.5. The van der Waals surface area contributed by atoms with Crippen molar-refractivity contribution in [2.45, 2.75) is 6.54 Å². The molecule has 0 bridgehead atoms. The second-order valence-corrected chi connectivity index (χ2v) is 6.69. The highest BCUT2D eigenvalue weighted by Crippen LogP contribution is 2.23. The number of fused-ring (bicyclic) bond motifs is 1. The van der Waals surface area contributed by atoms with Gasteiger partial charge in [0.2, 0.25) is 0 Å². The van der Waals surface area contributed by atoms with Crippen LogP contribution in [0.2, 0.25) is 0 Å². The summed E-state index contributed by atoms with van der Waals surface area (Å²) < 4.78 is 5.38. The number of hydrogen-bond donors (Lipinski definition) is 2. The molecule has 138 valence electrons. The topological polar surface area (TPSA) is 53.6 Å². The summed E-state index contributed by atoms with van der Waals surface area (Å²) in [6, 6.07) is 21.6. The Labute approximate surface area is 158 Å². The van der Waals surface area contributed by atoms with Crippen LogP contribution in [-0.4, -0.2) is 37.2 Å². The van der Waals surface area contributed by atoms with E-state index in [2.05, 4.69) is 27.7 Å². The van der Waals surface area contributed by atoms with Crippen LogP contribution in [0.15, 0.2) is 66.7 Å². The van der Waals surface area contributed by atoms with Gasteiger partial charge in [-0.25, -0.2) is 4.79 Å². The molecule has 0 saturated carbocycles. The highest BCUT2D eigenvalue weighted by Gasteiger charge is 2.11. The maximum atomic E-state index is 12.4. The normalized spacial score (nSPS) is 14.8. The Bertz CT molecular complexity index is 913. The van der Waals surface area contributed by atoms with E-state index in [1.165, 1.54) is 5.56 Å². The van der Waals surface area contributed by atoms with Gasteiger partial charge in [-0.2, -0.15) is 0 Å². The molecule has 1 fully saturated rings. The molecular weight excluding hydrogens is 338 g/mol. The minimum Gasteiger partial charge on any atom is -0.379 e. The molecular formula is C22H23N3O2. The minimum absolute atomic E-state index is 0.243. The van der Waals surface area contributed by atoms with E-state index in [9.17, 15) is 4.79 Å². The van der Waals surface area contributed by atoms with Gasteiger partial charge in [-0.1, -0.05) is 48.5 Å². The Kier molecular flexibility index (Phi) is 5.32. The summed E-state index contributed by atoms with van der Waals surface area (Å²) in [6.45, 7) is 4.44. The zero-order valence-electron chi connectivity index (χ0n) is 15.2. The molecule has 0 atom stereocenters. The largest absolute Gasteiger partial charge is 0.379 e. The molecule has 27 heavy (non-hydrogen) atoms. The van der Waals surface area contributed by atoms with Gasteiger partial charge in [0.25, 0.3) is 0 Å². The number of morpholine rings is 1. The van der Waals surface area contributed by atoms with E-state index in [-0.39, 0.29) is 6.03 Å². The number of anilines is 2. The van der Waals surface area contributed by atoms with Crippen LogP contribution in [-0.2, 0) is 11.3 Å². The van der Waals surface area contributed by atoms with Crippen molar-refractivity contribution in [3.05, 3.63) is 72.3 Å². The third kappa shape index (κ3) is 4.45. The van der Waals surface area contributed by atoms with Crippen molar-refractivity contribution in [3.63, 3.8) is 0 Å². The van der Waals surface area contributed by atoms with E-state index in [0.717, 1.165) is 55.0 Å². The molecule has 1 aliphatic rings. The zero-order valence-corrected chi connectivity index (χ0v) is 15.2. The lowest BCUT2D eigenvalue weighted by Crippen LogP contribution is -2.35. The number of carbonyl (C=O) groups is 1. The van der Waals surface area contributed by atoms with Crippen molar-refractivity contribution in [3.8, 4) is 0 Å². The van der Waals surface area contributed by atoms with E-state index in [1.807, 2.05) is 54.6 Å². The Hall–Kier alpha value is -2.89. The third-order valence-corrected chi connectivity index (χ3v) is 4.76. The first-order valence-corrected chi connectivity index (χ1v) is 9.23. The number of rotatable bonds is 4. The molecule has 0 spiro atoms. The summed E-state index contributed by atoms with van der Waals surface area (Å²) in [5.74, 6) is 0. The number of nitrogens with zero attached hydrogens (tertiary/aromatic N) is 1. The number of urea groups is 1. The highest BCUT2D eigenvalue weighted by atomic mass is 16.5. The van der Waals surface area contributed by atoms with Crippen LogP contribution in [0.4, 0.5) is 16.2 Å². The summed E-state index contributed by atoms with van der Waals surface area (Å²) in [4.78, 5) is 14.8. The van der Waals surface area contributed by atoms with E-state index >= 15 is 0 Å². The lowest BCUT2D eigenvalue weighted by molar-refractivity contribution is 0.0342. The van der Waals surface area contributed by atoms with Gasteiger partial charge in [0, 0.05) is 30.7 Å². The molecule has 2 N–H and O–H groups in total. The maximum Gasteiger partial charge on any atom is 0.323 e. The molecule has 1 aliphatic heterocycles. The van der Waals surface area contributed by atoms with Gasteiger partial charge in [-0.05, 0) is 29.1 Å². The molecule has 5 heteroatoms. The molecule has 0 aromatic heterocycles. The minimum atomic E-state index is -0.243. The van der Waals surface area contributed by atoms with Crippen LogP contribution >= 0.6 is 0 Å². The fourth-order valence-electron chi connectivity index (χ4n) is 3.33. The van der Waals surface area contributed by atoms with Gasteiger partial charge < -0.3 is 15.4 Å². The average molecular weight is 361 g/mol. The lowest BCUT2D eigenvalue weighted by atomic mass is 10.1. The van der Waals surface area contributed by atoms with Crippen molar-refractivity contribution in [1.82, 2.24) is 4.90 Å². The van der Waals surface area contributed by atoms with E-state index in [1.54, 1.807) is 0 Å². The van der Waals surface area contributed by atoms with E-state index < -0.39 is 0 Å². The van der Waals surface area contributed by atoms with Gasteiger partial charge in [0.1, 0.15) is 0 Å². The number of carbonyl (C=O) groups excluding carboxylic acids is 1. The summed E-state index contributed by atoms with van der Waals surface area (Å²) >= 11 is 0. The summed E-state index contributed by atoms with van der Waals surface area (Å²) in [6.07, 6.45) is 0. The standard InChI is InChI=1S/C22H23N3O2/c26-22(24-21-7-3-5-18-4-1-2-6-20(18)21)23-19-10-8-17(9-11-19)16-25-12-14-27-15-13-25/h1-11H,12-16H2,(H2,23,24,26). The number of hydrogen-bond acceptors (Lipinski definition) is 3. The third-order valence-electron chi connectivity index (χ3n) is 4.76. The second-order valence-electron chi connectivity index (χ2n) is 6.69. The van der Waals surface area contributed by atoms with E-state index in [0.29, 0.717) is 0 Å². The molecule has 1 saturated heterocycles. The molecule has 0 radical (unpaired) electrons. The van der Waals surface area contributed by atoms with Crippen LogP contribution in [0.25, 0.3) is 10.8 Å². The van der Waals surface area contributed by atoms with Crippen molar-refractivity contribution in [2.24, 2.45) is 0 Å².